The van der Waals surface area contributed by atoms with Gasteiger partial charge < -0.3 is 44.8 Å². The van der Waals surface area contributed by atoms with Crippen molar-refractivity contribution in [3.63, 3.8) is 0 Å². The van der Waals surface area contributed by atoms with Crippen LogP contribution in [0.4, 0.5) is 0 Å². The van der Waals surface area contributed by atoms with Gasteiger partial charge in [0.2, 0.25) is 6.29 Å². The SMILES string of the molecule is O=C1C[C@@H](c2ccc(O)cc2)Oc2cc(O)cc(O[C@@H]3O[C@H](CO)[C@H](O)[C@@H](O)[C@H]3O)c21. The van der Waals surface area contributed by atoms with Crippen molar-refractivity contribution < 1.29 is 49.6 Å². The van der Waals surface area contributed by atoms with E-state index in [2.05, 4.69) is 0 Å². The van der Waals surface area contributed by atoms with Crippen LogP contribution >= 0.6 is 0 Å². The molecule has 10 heteroatoms. The Morgan fingerprint density at radius 3 is 2.35 bits per heavy atom. The topological polar surface area (TPSA) is 166 Å². The van der Waals surface area contributed by atoms with E-state index in [0.717, 1.165) is 6.07 Å². The van der Waals surface area contributed by atoms with Gasteiger partial charge in [0.05, 0.1) is 13.0 Å². The van der Waals surface area contributed by atoms with Crippen LogP contribution in [-0.4, -0.2) is 73.7 Å². The van der Waals surface area contributed by atoms with Crippen molar-refractivity contribution in [3.8, 4) is 23.0 Å². The van der Waals surface area contributed by atoms with Gasteiger partial charge in [-0.25, -0.2) is 0 Å². The molecule has 0 unspecified atom stereocenters. The highest BCUT2D eigenvalue weighted by Crippen LogP contribution is 2.43. The number of ketones is 1. The van der Waals surface area contributed by atoms with Crippen LogP contribution in [0, 0.1) is 0 Å². The van der Waals surface area contributed by atoms with Crippen molar-refractivity contribution in [3.05, 3.63) is 47.5 Å². The van der Waals surface area contributed by atoms with Gasteiger partial charge in [-0.2, -0.15) is 0 Å². The van der Waals surface area contributed by atoms with Crippen LogP contribution < -0.4 is 9.47 Å². The van der Waals surface area contributed by atoms with Crippen LogP contribution in [0.1, 0.15) is 28.4 Å². The van der Waals surface area contributed by atoms with Crippen LogP contribution in [0.25, 0.3) is 0 Å². The molecule has 0 bridgehead atoms. The zero-order valence-electron chi connectivity index (χ0n) is 16.2. The van der Waals surface area contributed by atoms with E-state index in [9.17, 15) is 35.4 Å². The first kappa shape index (κ1) is 21.3. The van der Waals surface area contributed by atoms with Crippen LogP contribution in [-0.2, 0) is 4.74 Å². The van der Waals surface area contributed by atoms with Gasteiger partial charge in [0.15, 0.2) is 5.78 Å². The number of phenolic OH excluding ortho intramolecular Hbond substituents is 2. The van der Waals surface area contributed by atoms with E-state index >= 15 is 0 Å². The van der Waals surface area contributed by atoms with Crippen LogP contribution in [0.3, 0.4) is 0 Å². The summed E-state index contributed by atoms with van der Waals surface area (Å²) in [6, 6.07) is 8.56. The Hall–Kier alpha value is -2.89. The van der Waals surface area contributed by atoms with Crippen molar-refractivity contribution >= 4 is 5.78 Å². The Bertz CT molecular complexity index is 957. The normalized spacial score (nSPS) is 30.4. The van der Waals surface area contributed by atoms with E-state index in [1.807, 2.05) is 0 Å². The Morgan fingerprint density at radius 1 is 0.968 bits per heavy atom. The monoisotopic (exact) mass is 434 g/mol. The molecule has 31 heavy (non-hydrogen) atoms. The number of aliphatic hydroxyl groups excluding tert-OH is 4. The summed E-state index contributed by atoms with van der Waals surface area (Å²) < 4.78 is 16.8. The fourth-order valence-electron chi connectivity index (χ4n) is 3.67. The lowest BCUT2D eigenvalue weighted by Gasteiger charge is -2.40. The smallest absolute Gasteiger partial charge is 0.229 e. The molecule has 1 fully saturated rings. The summed E-state index contributed by atoms with van der Waals surface area (Å²) >= 11 is 0. The zero-order valence-corrected chi connectivity index (χ0v) is 16.2. The molecule has 0 spiro atoms. The molecule has 6 atom stereocenters. The number of aliphatic hydroxyl groups is 4. The number of phenols is 2. The summed E-state index contributed by atoms with van der Waals surface area (Å²) in [7, 11) is 0. The minimum atomic E-state index is -1.68. The quantitative estimate of drug-likeness (QED) is 0.385. The lowest BCUT2D eigenvalue weighted by atomic mass is 9.95. The molecule has 2 aliphatic rings. The second-order valence-corrected chi connectivity index (χ2v) is 7.46. The number of fused-ring (bicyclic) bond motifs is 1. The molecular formula is C21H22O10. The molecule has 0 amide bonds. The van der Waals surface area contributed by atoms with Crippen molar-refractivity contribution in [2.24, 2.45) is 0 Å². The van der Waals surface area contributed by atoms with Crippen molar-refractivity contribution in [2.45, 2.75) is 43.2 Å². The number of ether oxygens (including phenoxy) is 3. The Balaban J connectivity index is 1.63. The molecule has 0 aliphatic carbocycles. The summed E-state index contributed by atoms with van der Waals surface area (Å²) in [6.45, 7) is -0.640. The number of benzene rings is 2. The lowest BCUT2D eigenvalue weighted by molar-refractivity contribution is -0.277. The summed E-state index contributed by atoms with van der Waals surface area (Å²) in [6.07, 6.45) is -8.31. The van der Waals surface area contributed by atoms with E-state index < -0.39 is 43.4 Å². The molecule has 166 valence electrons. The molecule has 2 aromatic rings. The fraction of sp³-hybridized carbons (Fsp3) is 0.381. The largest absolute Gasteiger partial charge is 0.508 e. The Labute approximate surface area is 176 Å². The number of carbonyl (C=O) groups excluding carboxylic acids is 1. The summed E-state index contributed by atoms with van der Waals surface area (Å²) in [5.74, 6) is -0.669. The van der Waals surface area contributed by atoms with E-state index in [1.165, 1.54) is 18.2 Å². The van der Waals surface area contributed by atoms with Crippen molar-refractivity contribution in [2.75, 3.05) is 6.61 Å². The first-order valence-electron chi connectivity index (χ1n) is 9.61. The third-order valence-corrected chi connectivity index (χ3v) is 5.33. The maximum absolute atomic E-state index is 12.9. The molecular weight excluding hydrogens is 412 g/mol. The molecule has 4 rings (SSSR count). The van der Waals surface area contributed by atoms with Gasteiger partial charge in [-0.15, -0.1) is 0 Å². The van der Waals surface area contributed by atoms with E-state index in [0.29, 0.717) is 5.56 Å². The Kier molecular flexibility index (Phi) is 5.73. The molecule has 10 nitrogen and oxygen atoms in total. The molecule has 0 radical (unpaired) electrons. The molecule has 0 saturated carbocycles. The zero-order chi connectivity index (χ0) is 22.3. The molecule has 2 aromatic carbocycles. The first-order chi connectivity index (χ1) is 14.8. The third-order valence-electron chi connectivity index (χ3n) is 5.33. The number of aromatic hydroxyl groups is 2. The number of rotatable bonds is 4. The maximum atomic E-state index is 12.9. The Morgan fingerprint density at radius 2 is 1.68 bits per heavy atom. The molecule has 2 heterocycles. The predicted octanol–water partition coefficient (Wildman–Crippen LogP) is -0.0170. The van der Waals surface area contributed by atoms with Gasteiger partial charge in [0.1, 0.15) is 59.1 Å². The highest BCUT2D eigenvalue weighted by Gasteiger charge is 2.45. The standard InChI is InChI=1S/C21H22O10/c22-8-16-18(26)19(27)20(28)21(31-16)30-15-6-11(24)5-14-17(15)12(25)7-13(29-14)9-1-3-10(23)4-2-9/h1-6,13,16,18-24,26-28H,7-8H2/t13-,16+,18-,19+,20+,21+/m0/s1. The first-order valence-corrected chi connectivity index (χ1v) is 9.61. The van der Waals surface area contributed by atoms with Gasteiger partial charge in [0.25, 0.3) is 0 Å². The van der Waals surface area contributed by atoms with E-state index in [1.54, 1.807) is 12.1 Å². The minimum Gasteiger partial charge on any atom is -0.508 e. The minimum absolute atomic E-state index is 0.0183. The maximum Gasteiger partial charge on any atom is 0.229 e. The number of carbonyl (C=O) groups is 1. The number of hydrogen-bond acceptors (Lipinski definition) is 10. The van der Waals surface area contributed by atoms with Crippen molar-refractivity contribution in [1.82, 2.24) is 0 Å². The average Bonchev–Trinajstić information content (AvgIpc) is 2.74. The second-order valence-electron chi connectivity index (χ2n) is 7.46. The number of hydrogen-bond donors (Lipinski definition) is 6. The average molecular weight is 434 g/mol. The molecule has 1 saturated heterocycles. The van der Waals surface area contributed by atoms with Crippen LogP contribution in [0.2, 0.25) is 0 Å². The van der Waals surface area contributed by atoms with Gasteiger partial charge in [-0.3, -0.25) is 4.79 Å². The van der Waals surface area contributed by atoms with E-state index in [-0.39, 0.29) is 40.8 Å². The summed E-state index contributed by atoms with van der Waals surface area (Å²) in [4.78, 5) is 12.9. The van der Waals surface area contributed by atoms with Crippen LogP contribution in [0.5, 0.6) is 23.0 Å². The number of Topliss-reactive ketones (excluding diaryl/α,β-unsaturated/α-hetero) is 1. The summed E-state index contributed by atoms with van der Waals surface area (Å²) in [5.41, 5.74) is 0.668. The second kappa shape index (κ2) is 8.33. The van der Waals surface area contributed by atoms with E-state index in [4.69, 9.17) is 14.2 Å². The molecule has 2 aliphatic heterocycles. The summed E-state index contributed by atoms with van der Waals surface area (Å²) in [5, 5.41) is 58.9. The highest BCUT2D eigenvalue weighted by molar-refractivity contribution is 6.02. The van der Waals surface area contributed by atoms with Crippen molar-refractivity contribution in [1.29, 1.82) is 0 Å². The van der Waals surface area contributed by atoms with Gasteiger partial charge >= 0.3 is 0 Å². The highest BCUT2D eigenvalue weighted by atomic mass is 16.7. The predicted molar refractivity (Wildman–Crippen MR) is 103 cm³/mol. The van der Waals surface area contributed by atoms with Crippen LogP contribution in [0.15, 0.2) is 36.4 Å². The lowest BCUT2D eigenvalue weighted by Crippen LogP contribution is -2.60. The molecule has 0 aromatic heterocycles. The fourth-order valence-corrected chi connectivity index (χ4v) is 3.67. The third kappa shape index (κ3) is 4.03. The van der Waals surface area contributed by atoms with Gasteiger partial charge in [-0.05, 0) is 17.7 Å². The molecule has 6 N–H and O–H groups in total. The van der Waals surface area contributed by atoms with Gasteiger partial charge in [-0.1, -0.05) is 12.1 Å². The van der Waals surface area contributed by atoms with Gasteiger partial charge in [0, 0.05) is 12.1 Å².